The van der Waals surface area contributed by atoms with Crippen molar-refractivity contribution in [2.45, 2.75) is 32.9 Å². The van der Waals surface area contributed by atoms with Crippen LogP contribution in [-0.2, 0) is 11.3 Å². The van der Waals surface area contributed by atoms with Crippen LogP contribution in [0.1, 0.15) is 26.0 Å². The number of carbonyl (C=O) groups is 1. The van der Waals surface area contributed by atoms with Gasteiger partial charge in [0.25, 0.3) is 0 Å². The number of nitrogens with zero attached hydrogens (tertiary/aromatic N) is 3. The minimum Gasteiger partial charge on any atom is -0.356 e. The molecule has 7 nitrogen and oxygen atoms in total. The van der Waals surface area contributed by atoms with E-state index in [4.69, 9.17) is 4.52 Å². The van der Waals surface area contributed by atoms with Crippen molar-refractivity contribution >= 4 is 35.8 Å². The summed E-state index contributed by atoms with van der Waals surface area (Å²) in [6, 6.07) is 12.0. The second kappa shape index (κ2) is 10.4. The Morgan fingerprint density at radius 2 is 2.11 bits per heavy atom. The van der Waals surface area contributed by atoms with Crippen LogP contribution in [0.25, 0.3) is 11.3 Å². The number of amides is 1. The van der Waals surface area contributed by atoms with Gasteiger partial charge in [-0.1, -0.05) is 49.3 Å². The lowest BCUT2D eigenvalue weighted by Gasteiger charge is -2.20. The predicted octanol–water partition coefficient (Wildman–Crippen LogP) is 2.88. The molecule has 1 aromatic carbocycles. The highest BCUT2D eigenvalue weighted by Crippen LogP contribution is 2.19. The monoisotopic (exact) mass is 497 g/mol. The van der Waals surface area contributed by atoms with Crippen LogP contribution in [0.5, 0.6) is 0 Å². The van der Waals surface area contributed by atoms with Gasteiger partial charge in [0.2, 0.25) is 5.91 Å². The van der Waals surface area contributed by atoms with Gasteiger partial charge >= 0.3 is 0 Å². The first-order valence-electron chi connectivity index (χ1n) is 9.34. The third-order valence-electron chi connectivity index (χ3n) is 4.61. The number of hydrogen-bond acceptors (Lipinski definition) is 4. The van der Waals surface area contributed by atoms with Crippen molar-refractivity contribution in [3.8, 4) is 11.3 Å². The Morgan fingerprint density at radius 1 is 1.36 bits per heavy atom. The van der Waals surface area contributed by atoms with Gasteiger partial charge in [-0.05, 0) is 6.42 Å². The molecule has 152 valence electrons. The van der Waals surface area contributed by atoms with E-state index in [1.807, 2.05) is 55.1 Å². The molecular weight excluding hydrogens is 469 g/mol. The summed E-state index contributed by atoms with van der Waals surface area (Å²) < 4.78 is 5.42. The van der Waals surface area contributed by atoms with E-state index in [1.54, 1.807) is 7.05 Å². The number of halogens is 1. The number of benzene rings is 1. The molecule has 1 aliphatic heterocycles. The summed E-state index contributed by atoms with van der Waals surface area (Å²) in [7, 11) is 1.74. The fraction of sp³-hybridized carbons (Fsp3) is 0.450. The molecule has 0 saturated carbocycles. The number of carbonyl (C=O) groups excluding carboxylic acids is 1. The van der Waals surface area contributed by atoms with E-state index in [2.05, 4.69) is 20.8 Å². The number of aliphatic imine (C=N–C) groups is 1. The summed E-state index contributed by atoms with van der Waals surface area (Å²) >= 11 is 0. The summed E-state index contributed by atoms with van der Waals surface area (Å²) in [5.74, 6) is 1.68. The van der Waals surface area contributed by atoms with Crippen molar-refractivity contribution in [2.75, 3.05) is 20.1 Å². The molecule has 8 heteroatoms. The van der Waals surface area contributed by atoms with Crippen LogP contribution in [0.4, 0.5) is 0 Å². The molecule has 1 atom stereocenters. The minimum atomic E-state index is 0. The average molecular weight is 497 g/mol. The lowest BCUT2D eigenvalue weighted by atomic mass is 10.2. The zero-order valence-corrected chi connectivity index (χ0v) is 18.8. The van der Waals surface area contributed by atoms with Crippen molar-refractivity contribution in [1.29, 1.82) is 0 Å². The molecule has 1 amide bonds. The Bertz CT molecular complexity index is 791. The Morgan fingerprint density at radius 3 is 2.79 bits per heavy atom. The van der Waals surface area contributed by atoms with E-state index in [-0.39, 0.29) is 41.8 Å². The summed E-state index contributed by atoms with van der Waals surface area (Å²) in [5.41, 5.74) is 1.81. The first kappa shape index (κ1) is 22.2. The van der Waals surface area contributed by atoms with E-state index >= 15 is 0 Å². The van der Waals surface area contributed by atoms with Crippen LogP contribution in [0.3, 0.4) is 0 Å². The van der Waals surface area contributed by atoms with Crippen LogP contribution < -0.4 is 10.6 Å². The normalized spacial score (nSPS) is 16.8. The Labute approximate surface area is 183 Å². The zero-order chi connectivity index (χ0) is 19.2. The molecule has 2 aromatic rings. The highest BCUT2D eigenvalue weighted by molar-refractivity contribution is 14.0. The van der Waals surface area contributed by atoms with Crippen LogP contribution in [-0.4, -0.2) is 48.1 Å². The second-order valence-electron chi connectivity index (χ2n) is 7.04. The third-order valence-corrected chi connectivity index (χ3v) is 4.61. The minimum absolute atomic E-state index is 0. The fourth-order valence-electron chi connectivity index (χ4n) is 3.14. The van der Waals surface area contributed by atoms with Gasteiger partial charge < -0.3 is 20.1 Å². The van der Waals surface area contributed by atoms with Crippen LogP contribution in [0, 0.1) is 5.92 Å². The molecule has 1 saturated heterocycles. The van der Waals surface area contributed by atoms with E-state index < -0.39 is 0 Å². The molecule has 3 rings (SSSR count). The maximum Gasteiger partial charge on any atom is 0.225 e. The SMILES string of the molecule is CN=C(NCc1cc(-c2ccccc2)on1)NC1CCN(C(=O)C(C)C)C1.I. The number of rotatable bonds is 5. The molecule has 1 unspecified atom stereocenters. The van der Waals surface area contributed by atoms with Gasteiger partial charge in [-0.25, -0.2) is 0 Å². The smallest absolute Gasteiger partial charge is 0.225 e. The lowest BCUT2D eigenvalue weighted by molar-refractivity contribution is -0.133. The Hall–Kier alpha value is -2.10. The van der Waals surface area contributed by atoms with Gasteiger partial charge in [0.05, 0.1) is 6.54 Å². The maximum atomic E-state index is 12.1. The van der Waals surface area contributed by atoms with Crippen LogP contribution in [0.15, 0.2) is 45.9 Å². The third kappa shape index (κ3) is 5.70. The van der Waals surface area contributed by atoms with Crippen molar-refractivity contribution in [1.82, 2.24) is 20.7 Å². The molecule has 1 fully saturated rings. The molecule has 1 aliphatic rings. The molecule has 2 N–H and O–H groups in total. The molecule has 28 heavy (non-hydrogen) atoms. The second-order valence-corrected chi connectivity index (χ2v) is 7.04. The summed E-state index contributed by atoms with van der Waals surface area (Å²) in [6.07, 6.45) is 0.918. The molecule has 2 heterocycles. The average Bonchev–Trinajstić information content (AvgIpc) is 3.34. The maximum absolute atomic E-state index is 12.1. The van der Waals surface area contributed by atoms with Gasteiger partial charge in [-0.2, -0.15) is 0 Å². The summed E-state index contributed by atoms with van der Waals surface area (Å²) in [6.45, 7) is 5.88. The largest absolute Gasteiger partial charge is 0.356 e. The zero-order valence-electron chi connectivity index (χ0n) is 16.5. The van der Waals surface area contributed by atoms with Gasteiger partial charge in [0.1, 0.15) is 5.69 Å². The molecule has 0 bridgehead atoms. The highest BCUT2D eigenvalue weighted by atomic mass is 127. The van der Waals surface area contributed by atoms with Gasteiger partial charge in [0, 0.05) is 43.7 Å². The Balaban J connectivity index is 0.00000280. The standard InChI is InChI=1S/C20H27N5O2.HI/c1-14(2)19(26)25-10-9-16(13-25)23-20(21-3)22-12-17-11-18(27-24-17)15-7-5-4-6-8-15;/h4-8,11,14,16H,9-10,12-13H2,1-3H3,(H2,21,22,23);1H. The van der Waals surface area contributed by atoms with Crippen molar-refractivity contribution in [2.24, 2.45) is 10.9 Å². The topological polar surface area (TPSA) is 82.8 Å². The molecule has 1 aromatic heterocycles. The van der Waals surface area contributed by atoms with Crippen LogP contribution >= 0.6 is 24.0 Å². The van der Waals surface area contributed by atoms with Crippen molar-refractivity contribution < 1.29 is 9.32 Å². The van der Waals surface area contributed by atoms with E-state index in [1.165, 1.54) is 0 Å². The first-order chi connectivity index (χ1) is 13.1. The predicted molar refractivity (Wildman–Crippen MR) is 121 cm³/mol. The molecule has 0 radical (unpaired) electrons. The van der Waals surface area contributed by atoms with Gasteiger partial charge in [0.15, 0.2) is 11.7 Å². The number of aromatic nitrogens is 1. The number of hydrogen-bond donors (Lipinski definition) is 2. The van der Waals surface area contributed by atoms with E-state index in [0.29, 0.717) is 19.0 Å². The number of nitrogens with one attached hydrogen (secondary N) is 2. The molecule has 0 spiro atoms. The van der Waals surface area contributed by atoms with Crippen molar-refractivity contribution in [3.05, 3.63) is 42.1 Å². The number of guanidine groups is 1. The quantitative estimate of drug-likeness (QED) is 0.377. The first-order valence-corrected chi connectivity index (χ1v) is 9.34. The van der Waals surface area contributed by atoms with Gasteiger partial charge in [-0.3, -0.25) is 9.79 Å². The molecule has 0 aliphatic carbocycles. The summed E-state index contributed by atoms with van der Waals surface area (Å²) in [4.78, 5) is 18.3. The van der Waals surface area contributed by atoms with E-state index in [9.17, 15) is 4.79 Å². The molecular formula is C20H28IN5O2. The van der Waals surface area contributed by atoms with Crippen molar-refractivity contribution in [3.63, 3.8) is 0 Å². The summed E-state index contributed by atoms with van der Waals surface area (Å²) in [5, 5.41) is 10.8. The fourth-order valence-corrected chi connectivity index (χ4v) is 3.14. The van der Waals surface area contributed by atoms with Crippen LogP contribution in [0.2, 0.25) is 0 Å². The Kier molecular flexibility index (Phi) is 8.28. The highest BCUT2D eigenvalue weighted by Gasteiger charge is 2.27. The lowest BCUT2D eigenvalue weighted by Crippen LogP contribution is -2.45. The number of likely N-dealkylation sites (tertiary alicyclic amines) is 1. The van der Waals surface area contributed by atoms with E-state index in [0.717, 1.165) is 30.0 Å². The van der Waals surface area contributed by atoms with Gasteiger partial charge in [-0.15, -0.1) is 24.0 Å².